The van der Waals surface area contributed by atoms with E-state index in [0.717, 1.165) is 19.5 Å². The van der Waals surface area contributed by atoms with Crippen LogP contribution in [-0.2, 0) is 0 Å². The summed E-state index contributed by atoms with van der Waals surface area (Å²) >= 11 is 0. The van der Waals surface area contributed by atoms with Crippen LogP contribution in [0.15, 0.2) is 24.3 Å². The number of urea groups is 1. The molecule has 2 rings (SSSR count). The van der Waals surface area contributed by atoms with Gasteiger partial charge in [-0.1, -0.05) is 0 Å². The molecule has 122 valence electrons. The minimum absolute atomic E-state index is 0. The topological polar surface area (TPSA) is 82.3 Å². The predicted molar refractivity (Wildman–Crippen MR) is 89.7 cm³/mol. The molecule has 0 radical (unpaired) electrons. The fourth-order valence-corrected chi connectivity index (χ4v) is 2.18. The van der Waals surface area contributed by atoms with Crippen molar-refractivity contribution in [3.63, 3.8) is 0 Å². The molecule has 0 aromatic heterocycles. The molecule has 1 saturated heterocycles. The van der Waals surface area contributed by atoms with Crippen molar-refractivity contribution in [3.8, 4) is 0 Å². The van der Waals surface area contributed by atoms with Crippen LogP contribution in [0.3, 0.4) is 0 Å². The second-order valence-electron chi connectivity index (χ2n) is 5.49. The van der Waals surface area contributed by atoms with E-state index in [4.69, 9.17) is 0 Å². The highest BCUT2D eigenvalue weighted by molar-refractivity contribution is 5.95. The van der Waals surface area contributed by atoms with Crippen molar-refractivity contribution in [2.75, 3.05) is 18.4 Å². The minimum Gasteiger partial charge on any atom is -0.348 e. The summed E-state index contributed by atoms with van der Waals surface area (Å²) in [5, 5.41) is 11.6. The van der Waals surface area contributed by atoms with Gasteiger partial charge in [-0.05, 0) is 51.1 Å². The fraction of sp³-hybridized carbons (Fsp3) is 0.467. The average Bonchev–Trinajstić information content (AvgIpc) is 2.91. The Bertz CT molecular complexity index is 499. The van der Waals surface area contributed by atoms with Gasteiger partial charge in [0.1, 0.15) is 0 Å². The largest absolute Gasteiger partial charge is 0.348 e. The maximum Gasteiger partial charge on any atom is 0.319 e. The Morgan fingerprint density at radius 2 is 1.91 bits per heavy atom. The van der Waals surface area contributed by atoms with Crippen molar-refractivity contribution < 1.29 is 9.59 Å². The van der Waals surface area contributed by atoms with Crippen LogP contribution in [0, 0.1) is 0 Å². The quantitative estimate of drug-likeness (QED) is 0.680. The smallest absolute Gasteiger partial charge is 0.319 e. The lowest BCUT2D eigenvalue weighted by Gasteiger charge is -2.12. The Kier molecular flexibility index (Phi) is 7.14. The van der Waals surface area contributed by atoms with Crippen molar-refractivity contribution in [1.29, 1.82) is 0 Å². The molecule has 7 heteroatoms. The van der Waals surface area contributed by atoms with Crippen LogP contribution in [0.4, 0.5) is 10.5 Å². The van der Waals surface area contributed by atoms with E-state index in [9.17, 15) is 9.59 Å². The number of benzene rings is 1. The van der Waals surface area contributed by atoms with Gasteiger partial charge in [-0.15, -0.1) is 12.4 Å². The number of hydrogen-bond donors (Lipinski definition) is 4. The zero-order chi connectivity index (χ0) is 15.2. The Morgan fingerprint density at radius 1 is 1.23 bits per heavy atom. The molecule has 6 nitrogen and oxygen atoms in total. The van der Waals surface area contributed by atoms with Gasteiger partial charge >= 0.3 is 6.03 Å². The molecule has 0 bridgehead atoms. The standard InChI is InChI=1S/C15H22N4O2.ClH/c1-10(2)17-15(21)19-12-5-3-11(4-6-12)14(20)18-13-7-8-16-9-13;/h3-6,10,13,16H,7-9H2,1-2H3,(H,18,20)(H2,17,19,21);1H. The van der Waals surface area contributed by atoms with Gasteiger partial charge in [0.25, 0.3) is 5.91 Å². The van der Waals surface area contributed by atoms with Crippen molar-refractivity contribution in [3.05, 3.63) is 29.8 Å². The first-order valence-corrected chi connectivity index (χ1v) is 7.24. The van der Waals surface area contributed by atoms with Crippen LogP contribution >= 0.6 is 12.4 Å². The molecule has 22 heavy (non-hydrogen) atoms. The van der Waals surface area contributed by atoms with Crippen LogP contribution in [0.2, 0.25) is 0 Å². The van der Waals surface area contributed by atoms with Gasteiger partial charge in [0.2, 0.25) is 0 Å². The van der Waals surface area contributed by atoms with Gasteiger partial charge in [0.05, 0.1) is 0 Å². The lowest BCUT2D eigenvalue weighted by Crippen LogP contribution is -2.36. The van der Waals surface area contributed by atoms with Gasteiger partial charge in [0.15, 0.2) is 0 Å². The van der Waals surface area contributed by atoms with E-state index < -0.39 is 0 Å². The lowest BCUT2D eigenvalue weighted by atomic mass is 10.1. The zero-order valence-corrected chi connectivity index (χ0v) is 13.6. The fourth-order valence-electron chi connectivity index (χ4n) is 2.18. The van der Waals surface area contributed by atoms with Crippen LogP contribution in [0.25, 0.3) is 0 Å². The molecule has 1 atom stereocenters. The summed E-state index contributed by atoms with van der Waals surface area (Å²) < 4.78 is 0. The SMILES string of the molecule is CC(C)NC(=O)Nc1ccc(C(=O)NC2CCNC2)cc1.Cl. The van der Waals surface area contributed by atoms with Crippen molar-refractivity contribution in [2.45, 2.75) is 32.4 Å². The van der Waals surface area contributed by atoms with Crippen LogP contribution in [0.1, 0.15) is 30.6 Å². The normalized spacial score (nSPS) is 16.8. The number of nitrogens with one attached hydrogen (secondary N) is 4. The number of halogens is 1. The number of amides is 3. The van der Waals surface area contributed by atoms with Crippen molar-refractivity contribution in [1.82, 2.24) is 16.0 Å². The first-order valence-electron chi connectivity index (χ1n) is 7.24. The third-order valence-electron chi connectivity index (χ3n) is 3.22. The molecule has 1 fully saturated rings. The summed E-state index contributed by atoms with van der Waals surface area (Å²) in [6.45, 7) is 5.55. The second kappa shape index (κ2) is 8.60. The molecule has 1 unspecified atom stereocenters. The van der Waals surface area contributed by atoms with Crippen LogP contribution in [0.5, 0.6) is 0 Å². The average molecular weight is 327 g/mol. The monoisotopic (exact) mass is 326 g/mol. The Labute approximate surface area is 136 Å². The molecule has 1 aliphatic heterocycles. The van der Waals surface area contributed by atoms with Crippen molar-refractivity contribution in [2.24, 2.45) is 0 Å². The van der Waals surface area contributed by atoms with Crippen LogP contribution in [-0.4, -0.2) is 37.1 Å². The van der Waals surface area contributed by atoms with Gasteiger partial charge in [-0.3, -0.25) is 4.79 Å². The van der Waals surface area contributed by atoms with Gasteiger partial charge < -0.3 is 21.3 Å². The molecule has 1 aromatic rings. The molecule has 0 saturated carbocycles. The number of carbonyl (C=O) groups is 2. The minimum atomic E-state index is -0.251. The van der Waals surface area contributed by atoms with E-state index in [2.05, 4.69) is 21.3 Å². The molecular formula is C15H23ClN4O2. The van der Waals surface area contributed by atoms with E-state index in [1.54, 1.807) is 24.3 Å². The summed E-state index contributed by atoms with van der Waals surface area (Å²) in [5.41, 5.74) is 1.25. The molecule has 1 aliphatic rings. The summed E-state index contributed by atoms with van der Waals surface area (Å²) in [4.78, 5) is 23.6. The molecule has 3 amide bonds. The van der Waals surface area contributed by atoms with Crippen LogP contribution < -0.4 is 21.3 Å². The molecule has 1 aromatic carbocycles. The van der Waals surface area contributed by atoms with Gasteiger partial charge in [0, 0.05) is 29.9 Å². The lowest BCUT2D eigenvalue weighted by molar-refractivity contribution is 0.0940. The van der Waals surface area contributed by atoms with Gasteiger partial charge in [-0.2, -0.15) is 0 Å². The third kappa shape index (κ3) is 5.54. The maximum atomic E-state index is 12.0. The molecule has 1 heterocycles. The van der Waals surface area contributed by atoms with E-state index in [1.807, 2.05) is 13.8 Å². The number of rotatable bonds is 4. The number of hydrogen-bond acceptors (Lipinski definition) is 3. The van der Waals surface area contributed by atoms with E-state index >= 15 is 0 Å². The Morgan fingerprint density at radius 3 is 2.45 bits per heavy atom. The first-order chi connectivity index (χ1) is 10.0. The summed E-state index contributed by atoms with van der Waals surface area (Å²) in [6.07, 6.45) is 0.959. The highest BCUT2D eigenvalue weighted by Crippen LogP contribution is 2.10. The summed E-state index contributed by atoms with van der Waals surface area (Å²) in [5.74, 6) is -0.0816. The van der Waals surface area contributed by atoms with Crippen molar-refractivity contribution >= 4 is 30.0 Å². The maximum absolute atomic E-state index is 12.0. The highest BCUT2D eigenvalue weighted by Gasteiger charge is 2.17. The summed E-state index contributed by atoms with van der Waals surface area (Å²) in [6, 6.07) is 6.90. The van der Waals surface area contributed by atoms with Gasteiger partial charge in [-0.25, -0.2) is 4.79 Å². The molecule has 0 spiro atoms. The Hall–Kier alpha value is -1.79. The zero-order valence-electron chi connectivity index (χ0n) is 12.8. The number of anilines is 1. The van der Waals surface area contributed by atoms with E-state index in [-0.39, 0.29) is 36.4 Å². The molecule has 0 aliphatic carbocycles. The second-order valence-corrected chi connectivity index (χ2v) is 5.49. The van der Waals surface area contributed by atoms with E-state index in [1.165, 1.54) is 0 Å². The first kappa shape index (κ1) is 18.3. The highest BCUT2D eigenvalue weighted by atomic mass is 35.5. The third-order valence-corrected chi connectivity index (χ3v) is 3.22. The summed E-state index contributed by atoms with van der Waals surface area (Å²) in [7, 11) is 0. The number of carbonyl (C=O) groups excluding carboxylic acids is 2. The molecular weight excluding hydrogens is 304 g/mol. The predicted octanol–water partition coefficient (Wildman–Crippen LogP) is 1.73. The van der Waals surface area contributed by atoms with E-state index in [0.29, 0.717) is 11.3 Å². The Balaban J connectivity index is 0.00000242. The molecule has 4 N–H and O–H groups in total.